The van der Waals surface area contributed by atoms with Crippen LogP contribution in [-0.4, -0.2) is 11.1 Å². The first-order valence-corrected chi connectivity index (χ1v) is 6.40. The molecule has 2 aromatic carbocycles. The van der Waals surface area contributed by atoms with Crippen molar-refractivity contribution in [2.75, 3.05) is 16.5 Å². The maximum Gasteiger partial charge on any atom is 0.277 e. The van der Waals surface area contributed by atoms with Crippen molar-refractivity contribution in [2.24, 2.45) is 0 Å². The lowest BCUT2D eigenvalue weighted by Crippen LogP contribution is -2.27. The molecule has 0 bridgehead atoms. The molecule has 0 radical (unpaired) electrons. The monoisotopic (exact) mass is 283 g/mol. The zero-order valence-corrected chi connectivity index (χ0v) is 11.7. The lowest BCUT2D eigenvalue weighted by molar-refractivity contribution is -0.119. The molecule has 1 amide bonds. The van der Waals surface area contributed by atoms with Crippen molar-refractivity contribution in [1.29, 1.82) is 0 Å². The summed E-state index contributed by atoms with van der Waals surface area (Å²) in [7, 11) is 0. The van der Waals surface area contributed by atoms with Gasteiger partial charge in [0.15, 0.2) is 0 Å². The first-order chi connectivity index (χ1) is 9.97. The number of nitrogen functional groups attached to an aromatic ring is 2. The van der Waals surface area contributed by atoms with Crippen LogP contribution < -0.4 is 16.5 Å². The Hall–Kier alpha value is -2.79. The van der Waals surface area contributed by atoms with Gasteiger partial charge in [-0.15, -0.1) is 0 Å². The van der Waals surface area contributed by atoms with Gasteiger partial charge in [0.25, 0.3) is 5.91 Å². The number of hydrogen-bond acceptors (Lipinski definition) is 4. The second-order valence-corrected chi connectivity index (χ2v) is 4.70. The standard InChI is InChI=1S/C16H17N3O2/c1-11(10-12-2-4-13(17)5-3-12)16(20)19(21)15-8-6-14(18)7-9-15/h2-10,21H,17-18H2,1H3/b11-10+. The fourth-order valence-electron chi connectivity index (χ4n) is 1.80. The molecule has 0 unspecified atom stereocenters. The highest BCUT2D eigenvalue weighted by atomic mass is 16.5. The number of nitrogens with zero attached hydrogens (tertiary/aromatic N) is 1. The molecule has 21 heavy (non-hydrogen) atoms. The van der Waals surface area contributed by atoms with E-state index in [9.17, 15) is 10.0 Å². The van der Waals surface area contributed by atoms with E-state index >= 15 is 0 Å². The Bertz CT molecular complexity index is 661. The van der Waals surface area contributed by atoms with Crippen molar-refractivity contribution >= 4 is 29.0 Å². The van der Waals surface area contributed by atoms with Gasteiger partial charge in [0.2, 0.25) is 0 Å². The summed E-state index contributed by atoms with van der Waals surface area (Å²) in [6, 6.07) is 13.5. The highest BCUT2D eigenvalue weighted by molar-refractivity contribution is 6.06. The van der Waals surface area contributed by atoms with Gasteiger partial charge in [0.1, 0.15) is 0 Å². The molecule has 0 aliphatic heterocycles. The number of amides is 1. The molecular formula is C16H17N3O2. The quantitative estimate of drug-likeness (QED) is 0.349. The molecule has 5 nitrogen and oxygen atoms in total. The molecule has 0 aromatic heterocycles. The Balaban J connectivity index is 2.18. The Morgan fingerprint density at radius 3 is 2.00 bits per heavy atom. The average molecular weight is 283 g/mol. The third kappa shape index (κ3) is 3.61. The fraction of sp³-hybridized carbons (Fsp3) is 0.0625. The molecule has 108 valence electrons. The van der Waals surface area contributed by atoms with Gasteiger partial charge in [0.05, 0.1) is 5.69 Å². The van der Waals surface area contributed by atoms with Gasteiger partial charge < -0.3 is 11.5 Å². The smallest absolute Gasteiger partial charge is 0.277 e. The van der Waals surface area contributed by atoms with Crippen molar-refractivity contribution in [3.05, 3.63) is 59.7 Å². The van der Waals surface area contributed by atoms with Crippen molar-refractivity contribution in [3.8, 4) is 0 Å². The van der Waals surface area contributed by atoms with Crippen LogP contribution in [0.3, 0.4) is 0 Å². The molecule has 0 aliphatic carbocycles. The lowest BCUT2D eigenvalue weighted by Gasteiger charge is -2.15. The predicted molar refractivity (Wildman–Crippen MR) is 84.6 cm³/mol. The van der Waals surface area contributed by atoms with Crippen LogP contribution in [0.15, 0.2) is 54.1 Å². The van der Waals surface area contributed by atoms with Crippen LogP contribution in [-0.2, 0) is 4.79 Å². The van der Waals surface area contributed by atoms with Crippen molar-refractivity contribution < 1.29 is 10.0 Å². The molecule has 0 saturated heterocycles. The SMILES string of the molecule is C/C(=C\c1ccc(N)cc1)C(=O)N(O)c1ccc(N)cc1. The molecule has 0 fully saturated rings. The number of carbonyl (C=O) groups excluding carboxylic acids is 1. The summed E-state index contributed by atoms with van der Waals surface area (Å²) in [6.07, 6.45) is 1.68. The second kappa shape index (κ2) is 6.11. The van der Waals surface area contributed by atoms with Crippen LogP contribution in [0.1, 0.15) is 12.5 Å². The number of hydroxylamine groups is 1. The van der Waals surface area contributed by atoms with E-state index in [4.69, 9.17) is 11.5 Å². The molecule has 0 saturated carbocycles. The first-order valence-electron chi connectivity index (χ1n) is 6.40. The van der Waals surface area contributed by atoms with E-state index in [1.165, 1.54) is 0 Å². The highest BCUT2D eigenvalue weighted by Gasteiger charge is 2.14. The third-order valence-corrected chi connectivity index (χ3v) is 2.99. The summed E-state index contributed by atoms with van der Waals surface area (Å²) < 4.78 is 0. The highest BCUT2D eigenvalue weighted by Crippen LogP contribution is 2.18. The van der Waals surface area contributed by atoms with E-state index in [-0.39, 0.29) is 0 Å². The molecule has 0 heterocycles. The maximum atomic E-state index is 12.2. The van der Waals surface area contributed by atoms with Crippen molar-refractivity contribution in [2.45, 2.75) is 6.92 Å². The van der Waals surface area contributed by atoms with Gasteiger partial charge in [-0.3, -0.25) is 10.0 Å². The minimum atomic E-state index is -0.503. The van der Waals surface area contributed by atoms with Crippen LogP contribution in [0.5, 0.6) is 0 Å². The van der Waals surface area contributed by atoms with Crippen LogP contribution in [0.2, 0.25) is 0 Å². The van der Waals surface area contributed by atoms with E-state index < -0.39 is 5.91 Å². The predicted octanol–water partition coefficient (Wildman–Crippen LogP) is 2.68. The number of carbonyl (C=O) groups is 1. The van der Waals surface area contributed by atoms with Gasteiger partial charge >= 0.3 is 0 Å². The maximum absolute atomic E-state index is 12.2. The third-order valence-electron chi connectivity index (χ3n) is 2.99. The number of hydrogen-bond donors (Lipinski definition) is 3. The van der Waals surface area contributed by atoms with Crippen molar-refractivity contribution in [1.82, 2.24) is 0 Å². The summed E-state index contributed by atoms with van der Waals surface area (Å²) in [6.45, 7) is 1.64. The summed E-state index contributed by atoms with van der Waals surface area (Å²) in [4.78, 5) is 12.2. The van der Waals surface area contributed by atoms with Gasteiger partial charge in [-0.05, 0) is 55.0 Å². The topological polar surface area (TPSA) is 92.6 Å². The number of rotatable bonds is 3. The zero-order valence-electron chi connectivity index (χ0n) is 11.7. The normalized spacial score (nSPS) is 11.2. The molecule has 0 spiro atoms. The summed E-state index contributed by atoms with van der Waals surface area (Å²) in [5.41, 5.74) is 14.0. The molecular weight excluding hydrogens is 266 g/mol. The number of benzene rings is 2. The Kier molecular flexibility index (Phi) is 4.25. The van der Waals surface area contributed by atoms with Gasteiger partial charge in [-0.1, -0.05) is 12.1 Å². The van der Waals surface area contributed by atoms with Gasteiger partial charge in [0, 0.05) is 16.9 Å². The second-order valence-electron chi connectivity index (χ2n) is 4.70. The summed E-state index contributed by atoms with van der Waals surface area (Å²) in [5, 5.41) is 10.6. The van der Waals surface area contributed by atoms with E-state index in [2.05, 4.69) is 0 Å². The largest absolute Gasteiger partial charge is 0.399 e. The minimum absolute atomic E-state index is 0.360. The van der Waals surface area contributed by atoms with Crippen LogP contribution >= 0.6 is 0 Å². The summed E-state index contributed by atoms with van der Waals surface area (Å²) in [5.74, 6) is -0.503. The van der Waals surface area contributed by atoms with E-state index in [0.717, 1.165) is 5.56 Å². The number of nitrogens with two attached hydrogens (primary N) is 2. The van der Waals surface area contributed by atoms with Crippen molar-refractivity contribution in [3.63, 3.8) is 0 Å². The minimum Gasteiger partial charge on any atom is -0.399 e. The zero-order chi connectivity index (χ0) is 15.4. The van der Waals surface area contributed by atoms with E-state index in [0.29, 0.717) is 27.7 Å². The van der Waals surface area contributed by atoms with Crippen LogP contribution in [0, 0.1) is 0 Å². The van der Waals surface area contributed by atoms with Crippen LogP contribution in [0.25, 0.3) is 6.08 Å². The molecule has 2 rings (SSSR count). The molecule has 0 aliphatic rings. The molecule has 5 heteroatoms. The lowest BCUT2D eigenvalue weighted by atomic mass is 10.1. The molecule has 0 atom stereocenters. The summed E-state index contributed by atoms with van der Waals surface area (Å²) >= 11 is 0. The Morgan fingerprint density at radius 1 is 1.00 bits per heavy atom. The molecule has 5 N–H and O–H groups in total. The van der Waals surface area contributed by atoms with E-state index in [1.807, 2.05) is 0 Å². The molecule has 2 aromatic rings. The van der Waals surface area contributed by atoms with E-state index in [1.54, 1.807) is 61.5 Å². The van der Waals surface area contributed by atoms with Gasteiger partial charge in [-0.25, -0.2) is 0 Å². The average Bonchev–Trinajstić information content (AvgIpc) is 2.49. The first kappa shape index (κ1) is 14.6. The van der Waals surface area contributed by atoms with Crippen LogP contribution in [0.4, 0.5) is 17.1 Å². The Morgan fingerprint density at radius 2 is 1.48 bits per heavy atom. The van der Waals surface area contributed by atoms with Gasteiger partial charge in [-0.2, -0.15) is 5.06 Å². The Labute approximate surface area is 123 Å². The fourth-order valence-corrected chi connectivity index (χ4v) is 1.80. The number of anilines is 3.